The summed E-state index contributed by atoms with van der Waals surface area (Å²) in [4.78, 5) is 68.8. The van der Waals surface area contributed by atoms with Crippen molar-refractivity contribution in [3.05, 3.63) is 70.4 Å². The number of nitrogens with one attached hydrogen (secondary N) is 2. The zero-order valence-corrected chi connectivity index (χ0v) is 19.9. The largest absolute Gasteiger partial charge is 0.353 e. The van der Waals surface area contributed by atoms with E-state index in [0.29, 0.717) is 11.1 Å². The van der Waals surface area contributed by atoms with Crippen LogP contribution < -0.4 is 10.6 Å². The van der Waals surface area contributed by atoms with E-state index in [-0.39, 0.29) is 18.0 Å². The number of pyridine rings is 1. The number of urea groups is 1. The number of carbonyl (C=O) groups excluding carboxylic acids is 5. The fourth-order valence-corrected chi connectivity index (χ4v) is 4.60. The molecule has 2 N–H and O–H groups in total. The monoisotopic (exact) mass is 493 g/mol. The number of benzene rings is 1. The van der Waals surface area contributed by atoms with Gasteiger partial charge < -0.3 is 10.6 Å². The molecule has 0 spiro atoms. The van der Waals surface area contributed by atoms with Crippen LogP contribution in [0.1, 0.15) is 23.6 Å². The van der Waals surface area contributed by atoms with E-state index in [0.717, 1.165) is 27.1 Å². The first-order valence-electron chi connectivity index (χ1n) is 10.8. The van der Waals surface area contributed by atoms with Crippen molar-refractivity contribution in [1.82, 2.24) is 25.4 Å². The molecule has 0 radical (unpaired) electrons. The molecular formula is C24H23N5O5S. The molecule has 4 rings (SSSR count). The zero-order chi connectivity index (χ0) is 25.2. The van der Waals surface area contributed by atoms with Crippen molar-refractivity contribution in [2.75, 3.05) is 19.6 Å². The summed E-state index contributed by atoms with van der Waals surface area (Å²) in [5, 5.41) is 4.77. The Morgan fingerprint density at radius 3 is 2.57 bits per heavy atom. The van der Waals surface area contributed by atoms with Crippen LogP contribution in [0.3, 0.4) is 0 Å². The number of nitrogens with zero attached hydrogens (tertiary/aromatic N) is 3. The van der Waals surface area contributed by atoms with E-state index in [2.05, 4.69) is 15.6 Å². The Labute approximate surface area is 205 Å². The highest BCUT2D eigenvalue weighted by atomic mass is 32.2. The summed E-state index contributed by atoms with van der Waals surface area (Å²) in [6.07, 6.45) is 4.76. The van der Waals surface area contributed by atoms with Crippen molar-refractivity contribution >= 4 is 46.8 Å². The van der Waals surface area contributed by atoms with Gasteiger partial charge in [0.05, 0.1) is 4.91 Å². The third-order valence-electron chi connectivity index (χ3n) is 5.72. The highest BCUT2D eigenvalue weighted by molar-refractivity contribution is 8.18. The first kappa shape index (κ1) is 24.1. The van der Waals surface area contributed by atoms with Crippen LogP contribution >= 0.6 is 11.8 Å². The van der Waals surface area contributed by atoms with Crippen LogP contribution in [0, 0.1) is 6.92 Å². The van der Waals surface area contributed by atoms with Crippen molar-refractivity contribution in [3.63, 3.8) is 0 Å². The van der Waals surface area contributed by atoms with Gasteiger partial charge in [-0.05, 0) is 48.9 Å². The van der Waals surface area contributed by atoms with Gasteiger partial charge in [0.1, 0.15) is 12.1 Å². The Kier molecular flexibility index (Phi) is 6.70. The fraction of sp³-hybridized carbons (Fsp3) is 0.250. The standard InChI is InChI=1S/C24H23N5O5S/c1-15-5-7-17(8-6-15)24(2)21(32)29(22(33)27-24)14-19(30)26-10-11-28-20(31)18(35-23(28)34)12-16-4-3-9-25-13-16/h3-9,12-13H,10-11,14H2,1-2H3,(H,26,30)(H,27,33)/b18-12-/t24-/m1/s1. The molecule has 0 aliphatic carbocycles. The predicted molar refractivity (Wildman–Crippen MR) is 129 cm³/mol. The average Bonchev–Trinajstić information content (AvgIpc) is 3.22. The second-order valence-corrected chi connectivity index (χ2v) is 9.28. The molecule has 11 heteroatoms. The number of hydrogen-bond donors (Lipinski definition) is 2. The number of rotatable bonds is 7. The Hall–Kier alpha value is -3.99. The fourth-order valence-electron chi connectivity index (χ4n) is 3.74. The van der Waals surface area contributed by atoms with Crippen molar-refractivity contribution in [2.24, 2.45) is 0 Å². The van der Waals surface area contributed by atoms with Gasteiger partial charge in [0.25, 0.3) is 17.1 Å². The quantitative estimate of drug-likeness (QED) is 0.446. The van der Waals surface area contributed by atoms with E-state index in [4.69, 9.17) is 0 Å². The predicted octanol–water partition coefficient (Wildman–Crippen LogP) is 2.01. The number of aromatic nitrogens is 1. The molecule has 2 aromatic rings. The van der Waals surface area contributed by atoms with Crippen LogP contribution in [0.5, 0.6) is 0 Å². The van der Waals surface area contributed by atoms with Crippen molar-refractivity contribution in [3.8, 4) is 0 Å². The minimum atomic E-state index is -1.27. The van der Waals surface area contributed by atoms with E-state index in [1.54, 1.807) is 49.7 Å². The molecule has 1 aromatic carbocycles. The number of amides is 6. The molecule has 0 unspecified atom stereocenters. The Morgan fingerprint density at radius 1 is 1.14 bits per heavy atom. The zero-order valence-electron chi connectivity index (χ0n) is 19.1. The molecule has 10 nitrogen and oxygen atoms in total. The first-order chi connectivity index (χ1) is 16.7. The van der Waals surface area contributed by atoms with Crippen LogP contribution in [0.25, 0.3) is 6.08 Å². The summed E-state index contributed by atoms with van der Waals surface area (Å²) in [5.74, 6) is -1.58. The molecule has 180 valence electrons. The van der Waals surface area contributed by atoms with Gasteiger partial charge in [0, 0.05) is 25.5 Å². The normalized spacial score (nSPS) is 21.1. The van der Waals surface area contributed by atoms with Gasteiger partial charge in [-0.2, -0.15) is 0 Å². The molecule has 3 heterocycles. The topological polar surface area (TPSA) is 129 Å². The summed E-state index contributed by atoms with van der Waals surface area (Å²) in [6, 6.07) is 10.0. The summed E-state index contributed by atoms with van der Waals surface area (Å²) in [7, 11) is 0. The third-order valence-corrected chi connectivity index (χ3v) is 6.63. The van der Waals surface area contributed by atoms with Crippen LogP contribution in [0.2, 0.25) is 0 Å². The minimum absolute atomic E-state index is 0.0179. The highest BCUT2D eigenvalue weighted by Crippen LogP contribution is 2.32. The number of aryl methyl sites for hydroxylation is 1. The lowest BCUT2D eigenvalue weighted by Gasteiger charge is -2.22. The number of hydrogen-bond acceptors (Lipinski definition) is 7. The Bertz CT molecular complexity index is 1230. The molecule has 2 aliphatic rings. The highest BCUT2D eigenvalue weighted by Gasteiger charge is 2.49. The maximum absolute atomic E-state index is 13.0. The van der Waals surface area contributed by atoms with Crippen LogP contribution in [-0.4, -0.2) is 63.4 Å². The summed E-state index contributed by atoms with van der Waals surface area (Å²) < 4.78 is 0. The van der Waals surface area contributed by atoms with Crippen LogP contribution in [0.15, 0.2) is 53.7 Å². The van der Waals surface area contributed by atoms with Crippen LogP contribution in [0.4, 0.5) is 9.59 Å². The van der Waals surface area contributed by atoms with Gasteiger partial charge in [-0.1, -0.05) is 35.9 Å². The van der Waals surface area contributed by atoms with Crippen LogP contribution in [-0.2, 0) is 19.9 Å². The number of thioether (sulfide) groups is 1. The second-order valence-electron chi connectivity index (χ2n) is 8.28. The molecule has 0 bridgehead atoms. The average molecular weight is 494 g/mol. The molecule has 2 aliphatic heterocycles. The van der Waals surface area contributed by atoms with E-state index >= 15 is 0 Å². The van der Waals surface area contributed by atoms with Gasteiger partial charge in [0.2, 0.25) is 5.91 Å². The van der Waals surface area contributed by atoms with Gasteiger partial charge >= 0.3 is 6.03 Å². The van der Waals surface area contributed by atoms with Crippen molar-refractivity contribution < 1.29 is 24.0 Å². The van der Waals surface area contributed by atoms with Gasteiger partial charge in [-0.25, -0.2) is 4.79 Å². The lowest BCUT2D eigenvalue weighted by Crippen LogP contribution is -2.44. The summed E-state index contributed by atoms with van der Waals surface area (Å²) in [6.45, 7) is 2.97. The SMILES string of the molecule is Cc1ccc([C@@]2(C)NC(=O)N(CC(=O)NCCN3C(=O)S/C(=C\c4cccnc4)C3=O)C2=O)cc1. The molecule has 2 fully saturated rings. The van der Waals surface area contributed by atoms with Crippen molar-refractivity contribution in [2.45, 2.75) is 19.4 Å². The molecular weight excluding hydrogens is 470 g/mol. The first-order valence-corrected chi connectivity index (χ1v) is 11.6. The summed E-state index contributed by atoms with van der Waals surface area (Å²) >= 11 is 0.813. The molecule has 1 aromatic heterocycles. The van der Waals surface area contributed by atoms with Gasteiger partial charge in [-0.15, -0.1) is 0 Å². The number of carbonyl (C=O) groups is 5. The second kappa shape index (κ2) is 9.71. The molecule has 1 atom stereocenters. The summed E-state index contributed by atoms with van der Waals surface area (Å²) in [5.41, 5.74) is 1.05. The smallest absolute Gasteiger partial charge is 0.325 e. The molecule has 2 saturated heterocycles. The molecule has 35 heavy (non-hydrogen) atoms. The van der Waals surface area contributed by atoms with E-state index in [1.807, 2.05) is 19.1 Å². The lowest BCUT2D eigenvalue weighted by molar-refractivity contribution is -0.134. The number of imide groups is 2. The minimum Gasteiger partial charge on any atom is -0.353 e. The Morgan fingerprint density at radius 2 is 1.89 bits per heavy atom. The maximum atomic E-state index is 13.0. The Balaban J connectivity index is 1.32. The molecule has 6 amide bonds. The van der Waals surface area contributed by atoms with Crippen molar-refractivity contribution in [1.29, 1.82) is 0 Å². The molecule has 0 saturated carbocycles. The maximum Gasteiger partial charge on any atom is 0.325 e. The lowest BCUT2D eigenvalue weighted by atomic mass is 9.91. The van der Waals surface area contributed by atoms with E-state index in [1.165, 1.54) is 0 Å². The van der Waals surface area contributed by atoms with Gasteiger partial charge in [0.15, 0.2) is 0 Å². The third kappa shape index (κ3) is 4.94. The van der Waals surface area contributed by atoms with E-state index in [9.17, 15) is 24.0 Å². The van der Waals surface area contributed by atoms with Gasteiger partial charge in [-0.3, -0.25) is 34.0 Å². The van der Waals surface area contributed by atoms with E-state index < -0.39 is 41.1 Å².